The van der Waals surface area contributed by atoms with Crippen LogP contribution in [0.3, 0.4) is 0 Å². The van der Waals surface area contributed by atoms with Crippen molar-refractivity contribution in [2.24, 2.45) is 0 Å². The predicted octanol–water partition coefficient (Wildman–Crippen LogP) is 3.92. The summed E-state index contributed by atoms with van der Waals surface area (Å²) in [7, 11) is -4.29. The van der Waals surface area contributed by atoms with Gasteiger partial charge in [-0.1, -0.05) is 17.7 Å². The van der Waals surface area contributed by atoms with Crippen LogP contribution < -0.4 is 4.18 Å². The molecular formula is C14H10F4O3S. The maximum absolute atomic E-state index is 13.1. The van der Waals surface area contributed by atoms with E-state index < -0.39 is 33.4 Å². The van der Waals surface area contributed by atoms with Gasteiger partial charge >= 0.3 is 16.3 Å². The summed E-state index contributed by atoms with van der Waals surface area (Å²) in [6, 6.07) is 7.18. The van der Waals surface area contributed by atoms with Gasteiger partial charge < -0.3 is 4.18 Å². The Bertz CT molecular complexity index is 781. The van der Waals surface area contributed by atoms with Crippen LogP contribution >= 0.6 is 0 Å². The largest absolute Gasteiger partial charge is 0.419 e. The zero-order valence-corrected chi connectivity index (χ0v) is 12.0. The number of aryl methyl sites for hydroxylation is 1. The fourth-order valence-corrected chi connectivity index (χ4v) is 2.58. The van der Waals surface area contributed by atoms with Gasteiger partial charge in [-0.15, -0.1) is 0 Å². The van der Waals surface area contributed by atoms with Crippen molar-refractivity contribution in [3.63, 3.8) is 0 Å². The maximum atomic E-state index is 13.1. The Kier molecular flexibility index (Phi) is 4.15. The highest BCUT2D eigenvalue weighted by Gasteiger charge is 2.34. The van der Waals surface area contributed by atoms with E-state index in [0.717, 1.165) is 11.6 Å². The number of halogens is 4. The molecule has 0 heterocycles. The SMILES string of the molecule is Cc1ccc(S(=O)(=O)Oc2ccc(F)c(C(F)(F)F)c2)cc1. The minimum absolute atomic E-state index is 0.212. The Morgan fingerprint density at radius 2 is 1.59 bits per heavy atom. The molecule has 22 heavy (non-hydrogen) atoms. The molecular weight excluding hydrogens is 324 g/mol. The summed E-state index contributed by atoms with van der Waals surface area (Å²) in [6.45, 7) is 1.74. The molecule has 3 nitrogen and oxygen atoms in total. The average Bonchev–Trinajstić information content (AvgIpc) is 2.40. The van der Waals surface area contributed by atoms with Crippen molar-refractivity contribution < 1.29 is 30.2 Å². The second kappa shape index (κ2) is 5.60. The van der Waals surface area contributed by atoms with E-state index in [1.165, 1.54) is 24.3 Å². The molecule has 0 saturated carbocycles. The molecule has 0 atom stereocenters. The molecule has 0 unspecified atom stereocenters. The second-order valence-electron chi connectivity index (χ2n) is 4.49. The molecule has 0 fully saturated rings. The smallest absolute Gasteiger partial charge is 0.379 e. The first-order chi connectivity index (χ1) is 10.1. The summed E-state index contributed by atoms with van der Waals surface area (Å²) in [5.74, 6) is -2.12. The topological polar surface area (TPSA) is 43.4 Å². The van der Waals surface area contributed by atoms with E-state index in [2.05, 4.69) is 4.18 Å². The predicted molar refractivity (Wildman–Crippen MR) is 70.4 cm³/mol. The molecule has 2 rings (SSSR count). The molecule has 2 aromatic carbocycles. The lowest BCUT2D eigenvalue weighted by molar-refractivity contribution is -0.140. The van der Waals surface area contributed by atoms with Gasteiger partial charge in [-0.3, -0.25) is 0 Å². The second-order valence-corrected chi connectivity index (χ2v) is 6.04. The number of benzene rings is 2. The van der Waals surface area contributed by atoms with Crippen LogP contribution in [0.4, 0.5) is 17.6 Å². The minimum Gasteiger partial charge on any atom is -0.379 e. The summed E-state index contributed by atoms with van der Waals surface area (Å²) < 4.78 is 79.4. The van der Waals surface area contributed by atoms with E-state index >= 15 is 0 Å². The van der Waals surface area contributed by atoms with E-state index in [1.54, 1.807) is 6.92 Å². The van der Waals surface area contributed by atoms with Gasteiger partial charge in [0.2, 0.25) is 0 Å². The third-order valence-electron chi connectivity index (χ3n) is 2.76. The molecule has 0 aromatic heterocycles. The van der Waals surface area contributed by atoms with Crippen LogP contribution in [0.1, 0.15) is 11.1 Å². The zero-order chi connectivity index (χ0) is 16.5. The van der Waals surface area contributed by atoms with Crippen molar-refractivity contribution in [2.75, 3.05) is 0 Å². The fourth-order valence-electron chi connectivity index (χ4n) is 1.65. The molecule has 0 aliphatic heterocycles. The Hall–Kier alpha value is -2.09. The highest BCUT2D eigenvalue weighted by atomic mass is 32.2. The first-order valence-electron chi connectivity index (χ1n) is 5.97. The highest BCUT2D eigenvalue weighted by Crippen LogP contribution is 2.34. The number of rotatable bonds is 3. The van der Waals surface area contributed by atoms with E-state index in [9.17, 15) is 26.0 Å². The molecule has 0 amide bonds. The van der Waals surface area contributed by atoms with Crippen LogP contribution in [-0.2, 0) is 16.3 Å². The van der Waals surface area contributed by atoms with Gasteiger partial charge in [0.15, 0.2) is 0 Å². The van der Waals surface area contributed by atoms with E-state index in [4.69, 9.17) is 0 Å². The van der Waals surface area contributed by atoms with Crippen molar-refractivity contribution in [1.29, 1.82) is 0 Å². The van der Waals surface area contributed by atoms with Crippen LogP contribution in [0.2, 0.25) is 0 Å². The number of hydrogen-bond donors (Lipinski definition) is 0. The summed E-state index contributed by atoms with van der Waals surface area (Å²) in [5, 5.41) is 0. The molecule has 8 heteroatoms. The Labute approximate surface area is 124 Å². The minimum atomic E-state index is -4.95. The summed E-state index contributed by atoms with van der Waals surface area (Å²) in [4.78, 5) is -0.212. The molecule has 0 aliphatic rings. The summed E-state index contributed by atoms with van der Waals surface area (Å²) in [5.41, 5.74) is -0.788. The van der Waals surface area contributed by atoms with E-state index in [-0.39, 0.29) is 4.90 Å². The Morgan fingerprint density at radius 1 is 1.00 bits per heavy atom. The lowest BCUT2D eigenvalue weighted by Gasteiger charge is -2.11. The summed E-state index contributed by atoms with van der Waals surface area (Å²) >= 11 is 0. The monoisotopic (exact) mass is 334 g/mol. The van der Waals surface area contributed by atoms with Crippen LogP contribution in [0.25, 0.3) is 0 Å². The van der Waals surface area contributed by atoms with Crippen molar-refractivity contribution in [3.8, 4) is 5.75 Å². The zero-order valence-electron chi connectivity index (χ0n) is 11.2. The maximum Gasteiger partial charge on any atom is 0.419 e. The highest BCUT2D eigenvalue weighted by molar-refractivity contribution is 7.87. The van der Waals surface area contributed by atoms with Gasteiger partial charge in [-0.05, 0) is 37.3 Å². The first kappa shape index (κ1) is 16.3. The molecule has 0 N–H and O–H groups in total. The Balaban J connectivity index is 2.36. The van der Waals surface area contributed by atoms with Crippen molar-refractivity contribution in [3.05, 3.63) is 59.4 Å². The van der Waals surface area contributed by atoms with Crippen LogP contribution in [0.15, 0.2) is 47.4 Å². The Morgan fingerprint density at radius 3 is 2.14 bits per heavy atom. The van der Waals surface area contributed by atoms with Gasteiger partial charge in [-0.2, -0.15) is 21.6 Å². The average molecular weight is 334 g/mol. The standard InChI is InChI=1S/C14H10F4O3S/c1-9-2-5-11(6-3-9)22(19,20)21-10-4-7-13(15)12(8-10)14(16,17)18/h2-8H,1H3. The molecule has 0 spiro atoms. The quantitative estimate of drug-likeness (QED) is 0.631. The first-order valence-corrected chi connectivity index (χ1v) is 7.38. The molecule has 118 valence electrons. The molecule has 0 bridgehead atoms. The van der Waals surface area contributed by atoms with Crippen molar-refractivity contribution in [1.82, 2.24) is 0 Å². The third-order valence-corrected chi connectivity index (χ3v) is 4.02. The normalized spacial score (nSPS) is 12.2. The van der Waals surface area contributed by atoms with Crippen LogP contribution in [0.5, 0.6) is 5.75 Å². The van der Waals surface area contributed by atoms with Gasteiger partial charge in [0.05, 0.1) is 5.56 Å². The third kappa shape index (κ3) is 3.56. The van der Waals surface area contributed by atoms with Crippen LogP contribution in [0, 0.1) is 12.7 Å². The molecule has 0 aliphatic carbocycles. The number of hydrogen-bond acceptors (Lipinski definition) is 3. The van der Waals surface area contributed by atoms with Crippen molar-refractivity contribution >= 4 is 10.1 Å². The molecule has 2 aromatic rings. The fraction of sp³-hybridized carbons (Fsp3) is 0.143. The van der Waals surface area contributed by atoms with Crippen molar-refractivity contribution in [2.45, 2.75) is 18.0 Å². The lowest BCUT2D eigenvalue weighted by Crippen LogP contribution is -2.12. The van der Waals surface area contributed by atoms with E-state index in [1.807, 2.05) is 0 Å². The molecule has 0 radical (unpaired) electrons. The van der Waals surface area contributed by atoms with Gasteiger partial charge in [0.25, 0.3) is 0 Å². The summed E-state index contributed by atoms with van der Waals surface area (Å²) in [6.07, 6.45) is -4.95. The van der Waals surface area contributed by atoms with Gasteiger partial charge in [0, 0.05) is 0 Å². The molecule has 0 saturated heterocycles. The van der Waals surface area contributed by atoms with Gasteiger partial charge in [-0.25, -0.2) is 4.39 Å². The number of alkyl halides is 3. The van der Waals surface area contributed by atoms with Crippen LogP contribution in [-0.4, -0.2) is 8.42 Å². The van der Waals surface area contributed by atoms with Gasteiger partial charge in [0.1, 0.15) is 16.5 Å². The van der Waals surface area contributed by atoms with E-state index in [0.29, 0.717) is 12.1 Å². The lowest BCUT2D eigenvalue weighted by atomic mass is 10.2.